The van der Waals surface area contributed by atoms with Gasteiger partial charge in [0.1, 0.15) is 0 Å². The van der Waals surface area contributed by atoms with Gasteiger partial charge in [0.05, 0.1) is 13.2 Å². The second kappa shape index (κ2) is 8.75. The summed E-state index contributed by atoms with van der Waals surface area (Å²) >= 11 is 0. The molecule has 102 valence electrons. The molecule has 0 aliphatic heterocycles. The number of hydrogen-bond acceptors (Lipinski definition) is 3. The van der Waals surface area contributed by atoms with Crippen LogP contribution in [0.3, 0.4) is 0 Å². The Labute approximate surface area is 108 Å². The third-order valence-corrected chi connectivity index (χ3v) is 2.45. The van der Waals surface area contributed by atoms with Gasteiger partial charge in [0, 0.05) is 24.9 Å². The summed E-state index contributed by atoms with van der Waals surface area (Å²) in [5, 5.41) is 3.11. The van der Waals surface area contributed by atoms with Crippen molar-refractivity contribution in [2.24, 2.45) is 0 Å². The molecule has 0 atom stereocenters. The maximum atomic E-state index is 13.5. The fourth-order valence-corrected chi connectivity index (χ4v) is 1.50. The normalized spacial score (nSPS) is 10.4. The van der Waals surface area contributed by atoms with Crippen LogP contribution in [0, 0.1) is 5.82 Å². The van der Waals surface area contributed by atoms with Gasteiger partial charge in [-0.15, -0.1) is 0 Å². The van der Waals surface area contributed by atoms with Crippen LogP contribution >= 0.6 is 0 Å². The standard InChI is InChI=1S/C14H22FNO2/c1-3-5-9-17-10-8-16-12-6-7-14(18-4-2)13(15)11-12/h6-7,11,16H,3-5,8-10H2,1-2H3. The van der Waals surface area contributed by atoms with Crippen molar-refractivity contribution < 1.29 is 13.9 Å². The molecule has 0 aliphatic carbocycles. The van der Waals surface area contributed by atoms with Crippen LogP contribution in [0.2, 0.25) is 0 Å². The molecule has 0 aliphatic rings. The van der Waals surface area contributed by atoms with E-state index in [2.05, 4.69) is 12.2 Å². The van der Waals surface area contributed by atoms with E-state index >= 15 is 0 Å². The summed E-state index contributed by atoms with van der Waals surface area (Å²) in [6.07, 6.45) is 2.22. The molecular weight excluding hydrogens is 233 g/mol. The molecule has 1 N–H and O–H groups in total. The zero-order valence-corrected chi connectivity index (χ0v) is 11.2. The predicted octanol–water partition coefficient (Wildman–Crippen LogP) is 3.45. The van der Waals surface area contributed by atoms with Gasteiger partial charge >= 0.3 is 0 Å². The molecule has 0 unspecified atom stereocenters. The van der Waals surface area contributed by atoms with E-state index < -0.39 is 0 Å². The predicted molar refractivity (Wildman–Crippen MR) is 71.8 cm³/mol. The van der Waals surface area contributed by atoms with Crippen molar-refractivity contribution in [2.45, 2.75) is 26.7 Å². The Kier molecular flexibility index (Phi) is 7.18. The monoisotopic (exact) mass is 255 g/mol. The van der Waals surface area contributed by atoms with Gasteiger partial charge in [0.25, 0.3) is 0 Å². The largest absolute Gasteiger partial charge is 0.491 e. The molecular formula is C14H22FNO2. The lowest BCUT2D eigenvalue weighted by Gasteiger charge is -2.09. The smallest absolute Gasteiger partial charge is 0.167 e. The van der Waals surface area contributed by atoms with Crippen LogP contribution in [0.25, 0.3) is 0 Å². The van der Waals surface area contributed by atoms with Crippen LogP contribution < -0.4 is 10.1 Å². The number of anilines is 1. The molecule has 1 aromatic carbocycles. The molecule has 0 heterocycles. The van der Waals surface area contributed by atoms with Crippen molar-refractivity contribution in [3.05, 3.63) is 24.0 Å². The van der Waals surface area contributed by atoms with Crippen LogP contribution in [-0.4, -0.2) is 26.4 Å². The zero-order valence-electron chi connectivity index (χ0n) is 11.2. The quantitative estimate of drug-likeness (QED) is 0.685. The van der Waals surface area contributed by atoms with Crippen LogP contribution in [0.4, 0.5) is 10.1 Å². The summed E-state index contributed by atoms with van der Waals surface area (Å²) in [4.78, 5) is 0. The lowest BCUT2D eigenvalue weighted by molar-refractivity contribution is 0.141. The first-order valence-corrected chi connectivity index (χ1v) is 6.51. The lowest BCUT2D eigenvalue weighted by atomic mass is 10.3. The molecule has 0 fully saturated rings. The average molecular weight is 255 g/mol. The molecule has 3 nitrogen and oxygen atoms in total. The molecule has 4 heteroatoms. The van der Waals surface area contributed by atoms with Crippen molar-refractivity contribution >= 4 is 5.69 Å². The van der Waals surface area contributed by atoms with E-state index in [0.29, 0.717) is 25.5 Å². The topological polar surface area (TPSA) is 30.5 Å². The molecule has 0 saturated carbocycles. The maximum Gasteiger partial charge on any atom is 0.167 e. The lowest BCUT2D eigenvalue weighted by Crippen LogP contribution is -2.10. The Hall–Kier alpha value is -1.29. The van der Waals surface area contributed by atoms with Gasteiger partial charge in [-0.2, -0.15) is 0 Å². The highest BCUT2D eigenvalue weighted by molar-refractivity contribution is 5.47. The SMILES string of the molecule is CCCCOCCNc1ccc(OCC)c(F)c1. The molecule has 0 aromatic heterocycles. The fourth-order valence-electron chi connectivity index (χ4n) is 1.50. The van der Waals surface area contributed by atoms with Crippen LogP contribution in [0.15, 0.2) is 18.2 Å². The highest BCUT2D eigenvalue weighted by atomic mass is 19.1. The summed E-state index contributed by atoms with van der Waals surface area (Å²) in [5.74, 6) is -0.0454. The zero-order chi connectivity index (χ0) is 13.2. The summed E-state index contributed by atoms with van der Waals surface area (Å²) < 4.78 is 24.1. The van der Waals surface area contributed by atoms with Gasteiger partial charge in [-0.3, -0.25) is 0 Å². The maximum absolute atomic E-state index is 13.5. The first-order valence-electron chi connectivity index (χ1n) is 6.51. The highest BCUT2D eigenvalue weighted by Crippen LogP contribution is 2.20. The Morgan fingerprint density at radius 3 is 2.72 bits per heavy atom. The van der Waals surface area contributed by atoms with Gasteiger partial charge < -0.3 is 14.8 Å². The summed E-state index contributed by atoms with van der Waals surface area (Å²) in [5.41, 5.74) is 0.745. The van der Waals surface area contributed by atoms with Crippen LogP contribution in [0.1, 0.15) is 26.7 Å². The van der Waals surface area contributed by atoms with E-state index in [4.69, 9.17) is 9.47 Å². The van der Waals surface area contributed by atoms with Crippen LogP contribution in [0.5, 0.6) is 5.75 Å². The fraction of sp³-hybridized carbons (Fsp3) is 0.571. The van der Waals surface area contributed by atoms with E-state index in [1.54, 1.807) is 12.1 Å². The minimum Gasteiger partial charge on any atom is -0.491 e. The molecule has 18 heavy (non-hydrogen) atoms. The Morgan fingerprint density at radius 2 is 2.06 bits per heavy atom. The van der Waals surface area contributed by atoms with Gasteiger partial charge in [0.15, 0.2) is 11.6 Å². The van der Waals surface area contributed by atoms with Crippen molar-refractivity contribution in [3.63, 3.8) is 0 Å². The number of ether oxygens (including phenoxy) is 2. The Morgan fingerprint density at radius 1 is 1.22 bits per heavy atom. The van der Waals surface area contributed by atoms with Crippen molar-refractivity contribution in [1.82, 2.24) is 0 Å². The van der Waals surface area contributed by atoms with E-state index in [9.17, 15) is 4.39 Å². The first kappa shape index (κ1) is 14.8. The number of benzene rings is 1. The number of halogens is 1. The highest BCUT2D eigenvalue weighted by Gasteiger charge is 2.03. The summed E-state index contributed by atoms with van der Waals surface area (Å²) in [6.45, 7) is 6.53. The summed E-state index contributed by atoms with van der Waals surface area (Å²) in [7, 11) is 0. The second-order valence-corrected chi connectivity index (χ2v) is 3.97. The molecule has 0 bridgehead atoms. The minimum absolute atomic E-state index is 0.294. The van der Waals surface area contributed by atoms with Gasteiger partial charge in [-0.25, -0.2) is 4.39 Å². The molecule has 1 rings (SSSR count). The molecule has 0 radical (unpaired) electrons. The molecule has 1 aromatic rings. The third-order valence-electron chi connectivity index (χ3n) is 2.45. The Balaban J connectivity index is 2.28. The van der Waals surface area contributed by atoms with Crippen LogP contribution in [-0.2, 0) is 4.74 Å². The first-order chi connectivity index (χ1) is 8.77. The molecule has 0 spiro atoms. The van der Waals surface area contributed by atoms with Gasteiger partial charge in [-0.1, -0.05) is 13.3 Å². The van der Waals surface area contributed by atoms with Crippen molar-refractivity contribution in [2.75, 3.05) is 31.7 Å². The van der Waals surface area contributed by atoms with E-state index in [1.165, 1.54) is 6.07 Å². The van der Waals surface area contributed by atoms with E-state index in [1.807, 2.05) is 6.92 Å². The van der Waals surface area contributed by atoms with Crippen molar-refractivity contribution in [1.29, 1.82) is 0 Å². The minimum atomic E-state index is -0.339. The van der Waals surface area contributed by atoms with E-state index in [-0.39, 0.29) is 5.82 Å². The van der Waals surface area contributed by atoms with Gasteiger partial charge in [0.2, 0.25) is 0 Å². The number of nitrogens with one attached hydrogen (secondary N) is 1. The number of unbranched alkanes of at least 4 members (excludes halogenated alkanes) is 1. The van der Waals surface area contributed by atoms with E-state index in [0.717, 1.165) is 25.1 Å². The molecule has 0 saturated heterocycles. The Bertz CT molecular complexity index is 345. The summed E-state index contributed by atoms with van der Waals surface area (Å²) in [6, 6.07) is 4.89. The average Bonchev–Trinajstić information content (AvgIpc) is 2.37. The van der Waals surface area contributed by atoms with Crippen molar-refractivity contribution in [3.8, 4) is 5.75 Å². The number of rotatable bonds is 9. The second-order valence-electron chi connectivity index (χ2n) is 3.97. The number of hydrogen-bond donors (Lipinski definition) is 1. The van der Waals surface area contributed by atoms with Gasteiger partial charge in [-0.05, 0) is 25.5 Å². The third kappa shape index (κ3) is 5.36. The molecule has 0 amide bonds.